The summed E-state index contributed by atoms with van der Waals surface area (Å²) < 4.78 is 0. The third-order valence-corrected chi connectivity index (χ3v) is 5.59. The van der Waals surface area contributed by atoms with Crippen molar-refractivity contribution in [1.82, 2.24) is 24.9 Å². The second-order valence-electron chi connectivity index (χ2n) is 7.80. The smallest absolute Gasteiger partial charge is 0.142 e. The largest absolute Gasteiger partial charge is 0.383 e. The molecule has 5 heterocycles. The van der Waals surface area contributed by atoms with Gasteiger partial charge in [0.15, 0.2) is 0 Å². The molecule has 9 heteroatoms. The van der Waals surface area contributed by atoms with Gasteiger partial charge in [0.2, 0.25) is 0 Å². The minimum absolute atomic E-state index is 0.110. The highest BCUT2D eigenvalue weighted by Gasteiger charge is 2.17. The van der Waals surface area contributed by atoms with Gasteiger partial charge in [0.1, 0.15) is 34.9 Å². The maximum atomic E-state index is 9.65. The lowest BCUT2D eigenvalue weighted by molar-refractivity contribution is 1.25. The lowest BCUT2D eigenvalue weighted by atomic mass is 9.98. The first-order valence-electron chi connectivity index (χ1n) is 10.8. The number of rotatable bonds is 4. The van der Waals surface area contributed by atoms with Gasteiger partial charge < -0.3 is 11.5 Å². The molecule has 0 fully saturated rings. The zero-order valence-corrected chi connectivity index (χ0v) is 18.8. The van der Waals surface area contributed by atoms with Crippen LogP contribution in [0.15, 0.2) is 79.6 Å². The molecule has 4 N–H and O–H groups in total. The van der Waals surface area contributed by atoms with E-state index in [0.717, 1.165) is 11.1 Å². The Bertz CT molecular complexity index is 1550. The van der Waals surface area contributed by atoms with Gasteiger partial charge in [-0.25, -0.2) is 9.97 Å². The van der Waals surface area contributed by atoms with E-state index in [0.29, 0.717) is 33.6 Å². The predicted molar refractivity (Wildman–Crippen MR) is 135 cm³/mol. The molecule has 0 bridgehead atoms. The van der Waals surface area contributed by atoms with E-state index >= 15 is 0 Å². The first-order valence-corrected chi connectivity index (χ1v) is 10.8. The van der Waals surface area contributed by atoms with Crippen LogP contribution in [0.2, 0.25) is 0 Å². The number of pyridine rings is 5. The number of nitrogens with two attached hydrogens (primary N) is 2. The van der Waals surface area contributed by atoms with Crippen molar-refractivity contribution in [2.75, 3.05) is 11.5 Å². The molecule has 0 amide bonds. The summed E-state index contributed by atoms with van der Waals surface area (Å²) in [5.74, 6) is 0.220. The van der Waals surface area contributed by atoms with Crippen LogP contribution in [0.4, 0.5) is 11.6 Å². The van der Waals surface area contributed by atoms with E-state index in [1.165, 1.54) is 0 Å². The van der Waals surface area contributed by atoms with E-state index in [9.17, 15) is 10.5 Å². The number of nitriles is 2. The molecule has 0 aliphatic carbocycles. The summed E-state index contributed by atoms with van der Waals surface area (Å²) in [6.45, 7) is 0. The van der Waals surface area contributed by atoms with Gasteiger partial charge in [-0.1, -0.05) is 12.1 Å². The summed E-state index contributed by atoms with van der Waals surface area (Å²) in [5.41, 5.74) is 18.0. The number of hydrogen-bond donors (Lipinski definition) is 2. The van der Waals surface area contributed by atoms with Crippen LogP contribution in [0.25, 0.3) is 44.8 Å². The fourth-order valence-electron chi connectivity index (χ4n) is 3.88. The van der Waals surface area contributed by atoms with Crippen molar-refractivity contribution in [3.8, 4) is 56.9 Å². The van der Waals surface area contributed by atoms with Crippen molar-refractivity contribution in [3.63, 3.8) is 0 Å². The first-order chi connectivity index (χ1) is 17.6. The molecule has 0 unspecified atom stereocenters. The molecule has 5 aromatic heterocycles. The van der Waals surface area contributed by atoms with Gasteiger partial charge >= 0.3 is 0 Å². The fourth-order valence-corrected chi connectivity index (χ4v) is 3.88. The first kappa shape index (κ1) is 22.1. The Kier molecular flexibility index (Phi) is 5.71. The van der Waals surface area contributed by atoms with E-state index in [2.05, 4.69) is 37.1 Å². The molecule has 0 spiro atoms. The second kappa shape index (κ2) is 9.29. The van der Waals surface area contributed by atoms with Crippen molar-refractivity contribution < 1.29 is 0 Å². The van der Waals surface area contributed by atoms with Gasteiger partial charge in [-0.3, -0.25) is 15.0 Å². The van der Waals surface area contributed by atoms with E-state index in [1.807, 2.05) is 18.2 Å². The summed E-state index contributed by atoms with van der Waals surface area (Å²) in [7, 11) is 0. The van der Waals surface area contributed by atoms with E-state index in [4.69, 9.17) is 11.5 Å². The van der Waals surface area contributed by atoms with E-state index in [-0.39, 0.29) is 22.8 Å². The molecule has 36 heavy (non-hydrogen) atoms. The quantitative estimate of drug-likeness (QED) is 0.393. The summed E-state index contributed by atoms with van der Waals surface area (Å²) in [5, 5.41) is 19.3. The van der Waals surface area contributed by atoms with Crippen LogP contribution in [0.3, 0.4) is 0 Å². The number of aromatic nitrogens is 5. The highest BCUT2D eigenvalue weighted by atomic mass is 14.9. The number of hydrogen-bond acceptors (Lipinski definition) is 9. The third-order valence-electron chi connectivity index (χ3n) is 5.59. The normalized spacial score (nSPS) is 10.4. The topological polar surface area (TPSA) is 164 Å². The highest BCUT2D eigenvalue weighted by Crippen LogP contribution is 2.34. The zero-order valence-electron chi connectivity index (χ0n) is 18.8. The summed E-state index contributed by atoms with van der Waals surface area (Å²) in [4.78, 5) is 21.6. The van der Waals surface area contributed by atoms with Crippen molar-refractivity contribution in [2.45, 2.75) is 0 Å². The standard InChI is InChI=1S/C27H17N9/c28-10-22-20(16-3-1-5-32-12-16)8-24(35-26(22)30)18-7-19(15-34-14-18)25-9-21(17-4-2-6-33-13-17)23(11-29)27(31)36-25/h1-9,12-15H,(H2,30,35)(H2,31,36). The molecule has 5 aromatic rings. The van der Waals surface area contributed by atoms with Gasteiger partial charge in [0.25, 0.3) is 0 Å². The van der Waals surface area contributed by atoms with Crippen LogP contribution in [0.1, 0.15) is 11.1 Å². The number of anilines is 2. The third kappa shape index (κ3) is 4.04. The Balaban J connectivity index is 1.64. The van der Waals surface area contributed by atoms with Crippen molar-refractivity contribution >= 4 is 11.6 Å². The van der Waals surface area contributed by atoms with Gasteiger partial charge in [0, 0.05) is 70.6 Å². The van der Waals surface area contributed by atoms with Gasteiger partial charge in [-0.05, 0) is 30.3 Å². The molecule has 0 saturated heterocycles. The minimum Gasteiger partial charge on any atom is -0.383 e. The fraction of sp³-hybridized carbons (Fsp3) is 0. The molecular weight excluding hydrogens is 450 g/mol. The summed E-state index contributed by atoms with van der Waals surface area (Å²) in [6, 6.07) is 17.0. The average Bonchev–Trinajstić information content (AvgIpc) is 2.93. The molecule has 0 atom stereocenters. The Hall–Kier alpha value is -5.67. The van der Waals surface area contributed by atoms with Crippen LogP contribution in [0, 0.1) is 22.7 Å². The predicted octanol–water partition coefficient (Wildman–Crippen LogP) is 4.24. The number of nitrogens with zero attached hydrogens (tertiary/aromatic N) is 7. The minimum atomic E-state index is 0.110. The SMILES string of the molecule is N#Cc1c(-c2cccnc2)cc(-c2cncc(-c3cc(-c4cccnc4)c(C#N)c(N)n3)c2)nc1N. The number of nitrogen functional groups attached to an aromatic ring is 2. The van der Waals surface area contributed by atoms with Crippen LogP contribution >= 0.6 is 0 Å². The maximum Gasteiger partial charge on any atom is 0.142 e. The highest BCUT2D eigenvalue weighted by molar-refractivity contribution is 5.82. The molecule has 9 nitrogen and oxygen atoms in total. The molecule has 0 saturated carbocycles. The molecule has 0 aliphatic rings. The second-order valence-corrected chi connectivity index (χ2v) is 7.80. The van der Waals surface area contributed by atoms with E-state index < -0.39 is 0 Å². The van der Waals surface area contributed by atoms with Gasteiger partial charge in [0.05, 0.1) is 11.4 Å². The van der Waals surface area contributed by atoms with Crippen molar-refractivity contribution in [1.29, 1.82) is 10.5 Å². The Labute approximate surface area is 206 Å². The lowest BCUT2D eigenvalue weighted by Gasteiger charge is -2.12. The van der Waals surface area contributed by atoms with E-state index in [1.54, 1.807) is 61.4 Å². The van der Waals surface area contributed by atoms with Crippen LogP contribution in [-0.4, -0.2) is 24.9 Å². The van der Waals surface area contributed by atoms with Crippen molar-refractivity contribution in [3.05, 3.63) is 90.8 Å². The maximum absolute atomic E-state index is 9.65. The van der Waals surface area contributed by atoms with Gasteiger partial charge in [-0.15, -0.1) is 0 Å². The Morgan fingerprint density at radius 3 is 1.42 bits per heavy atom. The average molecular weight is 467 g/mol. The van der Waals surface area contributed by atoms with Crippen LogP contribution in [-0.2, 0) is 0 Å². The molecule has 0 radical (unpaired) electrons. The monoisotopic (exact) mass is 467 g/mol. The summed E-state index contributed by atoms with van der Waals surface area (Å²) >= 11 is 0. The van der Waals surface area contributed by atoms with Crippen molar-refractivity contribution in [2.24, 2.45) is 0 Å². The molecular formula is C27H17N9. The van der Waals surface area contributed by atoms with Gasteiger partial charge in [-0.2, -0.15) is 10.5 Å². The molecule has 0 aromatic carbocycles. The molecule has 5 rings (SSSR count). The molecule has 170 valence electrons. The summed E-state index contributed by atoms with van der Waals surface area (Å²) in [6.07, 6.45) is 9.95. The van der Waals surface area contributed by atoms with Crippen LogP contribution < -0.4 is 11.5 Å². The van der Waals surface area contributed by atoms with Crippen LogP contribution in [0.5, 0.6) is 0 Å². The molecule has 0 aliphatic heterocycles. The Morgan fingerprint density at radius 1 is 0.583 bits per heavy atom. The Morgan fingerprint density at radius 2 is 1.03 bits per heavy atom. The zero-order chi connectivity index (χ0) is 25.1. The lowest BCUT2D eigenvalue weighted by Crippen LogP contribution is -2.01.